The molecule has 8 atom stereocenters. The molecule has 0 bridgehead atoms. The van der Waals surface area contributed by atoms with E-state index in [9.17, 15) is 88.2 Å². The Morgan fingerprint density at radius 2 is 0.871 bits per heavy atom. The summed E-state index contributed by atoms with van der Waals surface area (Å²) in [5.41, 5.74) is 10.0. The fourth-order valence-corrected chi connectivity index (χ4v) is 6.88. The van der Waals surface area contributed by atoms with Crippen LogP contribution in [0.5, 0.6) is 0 Å². The molecule has 1 aromatic carbocycles. The highest BCUT2D eigenvalue weighted by molar-refractivity contribution is 6.09. The number of aliphatic hydroxyl groups is 2. The van der Waals surface area contributed by atoms with Crippen LogP contribution in [0.25, 0.3) is 0 Å². The van der Waals surface area contributed by atoms with E-state index in [4.69, 9.17) is 11.5 Å². The first-order chi connectivity index (χ1) is 33.2. The number of hydrogen-bond donors (Lipinski definition) is 16. The summed E-state index contributed by atoms with van der Waals surface area (Å²) in [7, 11) is 0. The van der Waals surface area contributed by atoms with E-state index >= 15 is 0 Å². The number of carboxylic acids is 4. The van der Waals surface area contributed by atoms with Crippen LogP contribution in [0.15, 0.2) is 24.3 Å². The zero-order valence-electron chi connectivity index (χ0n) is 38.0. The third-order valence-corrected chi connectivity index (χ3v) is 10.7. The van der Waals surface area contributed by atoms with Crippen LogP contribution >= 0.6 is 0 Å². The number of nitrogens with one attached hydrogen (secondary N) is 8. The van der Waals surface area contributed by atoms with Crippen LogP contribution in [0.4, 0.5) is 0 Å². The molecule has 388 valence electrons. The molecule has 0 saturated carbocycles. The fourth-order valence-electron chi connectivity index (χ4n) is 6.88. The van der Waals surface area contributed by atoms with Crippen molar-refractivity contribution in [1.82, 2.24) is 42.5 Å². The Morgan fingerprint density at radius 1 is 0.529 bits per heavy atom. The highest BCUT2D eigenvalue weighted by Crippen LogP contribution is 2.14. The summed E-state index contributed by atoms with van der Waals surface area (Å²) in [6, 6.07) is -9.64. The topological polar surface area (TPSA) is 474 Å². The van der Waals surface area contributed by atoms with Gasteiger partial charge in [0.25, 0.3) is 11.8 Å². The number of carboxylic acid groups (broad SMARTS) is 4. The van der Waals surface area contributed by atoms with Gasteiger partial charge < -0.3 is 84.6 Å². The molecule has 0 aromatic heterocycles. The van der Waals surface area contributed by atoms with Crippen molar-refractivity contribution < 1.29 is 88.2 Å². The van der Waals surface area contributed by atoms with Gasteiger partial charge in [-0.15, -0.1) is 0 Å². The maximum absolute atomic E-state index is 13.8. The van der Waals surface area contributed by atoms with Crippen molar-refractivity contribution in [3.63, 3.8) is 0 Å². The van der Waals surface area contributed by atoms with Crippen molar-refractivity contribution >= 4 is 71.1 Å². The molecule has 18 N–H and O–H groups in total. The Bertz CT molecular complexity index is 1920. The van der Waals surface area contributed by atoms with E-state index in [1.165, 1.54) is 12.1 Å². The monoisotopic (exact) mass is 994 g/mol. The lowest BCUT2D eigenvalue weighted by Crippen LogP contribution is -2.59. The Balaban J connectivity index is 2.76. The number of aliphatic carboxylic acids is 4. The SMILES string of the molecule is NCCCC[C@H](NC(=O)C1CCCCC(C(=O)N[C@@H](CCCCN)C(=O)O)NC(=O)[C@H](CC(=O)O)NC(=O)[C@H](CO)NC(=O)c2ccccc2C(=O)N[C@@H](CO)C(=O)N[C@@H](CC(=O)O)C(=O)N1)C(=O)O. The maximum Gasteiger partial charge on any atom is 0.326 e. The molecule has 8 amide bonds. The molecule has 0 fully saturated rings. The van der Waals surface area contributed by atoms with Crippen LogP contribution in [-0.4, -0.2) is 176 Å². The fraction of sp³-hybridized carbons (Fsp3) is 0.571. The lowest BCUT2D eigenvalue weighted by molar-refractivity contribution is -0.143. The number of hydrogen-bond acceptors (Lipinski definition) is 16. The summed E-state index contributed by atoms with van der Waals surface area (Å²) in [5.74, 6) is -16.1. The molecule has 0 aliphatic carbocycles. The molecule has 70 heavy (non-hydrogen) atoms. The van der Waals surface area contributed by atoms with Gasteiger partial charge in [0.05, 0.1) is 37.2 Å². The standard InChI is InChI=1S/C42H62N10O18/c43-15-7-5-13-25(41(67)68)47-35(61)23-11-3-4-12-24(36(62)48-26(42(69)70)14-6-8-16-44)46-38(64)28(18-32(57)58)50-40(66)30(20-54)52-34(60)22-10-2-1-9-21(22)33(59)51-29(19-53)39(65)49-27(17-31(55)56)37(63)45-23/h1-2,9-10,23-30,53-54H,3-8,11-20,43-44H2,(H,45,63)(H,46,64)(H,47,61)(H,48,62)(H,49,65)(H,50,66)(H,51,59)(H,52,60)(H,55,56)(H,57,58)(H,67,68)(H,69,70)/t23?,24?,25-,26-,27-,28-,29-,30-/m0/s1. The third kappa shape index (κ3) is 19.7. The number of amides is 8. The second-order valence-electron chi connectivity index (χ2n) is 16.1. The van der Waals surface area contributed by atoms with E-state index in [0.29, 0.717) is 12.8 Å². The Morgan fingerprint density at radius 3 is 1.17 bits per heavy atom. The van der Waals surface area contributed by atoms with Gasteiger partial charge in [0.1, 0.15) is 48.3 Å². The van der Waals surface area contributed by atoms with Gasteiger partial charge in [-0.05, 0) is 76.6 Å². The maximum atomic E-state index is 13.8. The summed E-state index contributed by atoms with van der Waals surface area (Å²) in [4.78, 5) is 157. The quantitative estimate of drug-likeness (QED) is 0.0543. The van der Waals surface area contributed by atoms with Gasteiger partial charge in [0.2, 0.25) is 35.4 Å². The summed E-state index contributed by atoms with van der Waals surface area (Å²) in [6.45, 7) is -1.93. The zero-order chi connectivity index (χ0) is 52.5. The average Bonchev–Trinajstić information content (AvgIpc) is 3.30. The molecule has 28 heteroatoms. The minimum Gasteiger partial charge on any atom is -0.481 e. The number of carbonyl (C=O) groups is 12. The third-order valence-electron chi connectivity index (χ3n) is 10.7. The average molecular weight is 995 g/mol. The van der Waals surface area contributed by atoms with Crippen molar-refractivity contribution in [1.29, 1.82) is 0 Å². The van der Waals surface area contributed by atoms with Gasteiger partial charge in [0, 0.05) is 0 Å². The largest absolute Gasteiger partial charge is 0.481 e. The van der Waals surface area contributed by atoms with Crippen LogP contribution in [0, 0.1) is 0 Å². The zero-order valence-corrected chi connectivity index (χ0v) is 38.0. The number of aliphatic hydroxyl groups excluding tert-OH is 2. The molecular formula is C42H62N10O18. The van der Waals surface area contributed by atoms with Crippen LogP contribution in [0.2, 0.25) is 0 Å². The molecule has 1 aliphatic heterocycles. The normalized spacial score (nSPS) is 22.1. The van der Waals surface area contributed by atoms with E-state index < -0.39 is 169 Å². The number of fused-ring (bicyclic) bond motifs is 1. The second kappa shape index (κ2) is 30.2. The summed E-state index contributed by atoms with van der Waals surface area (Å²) >= 11 is 0. The minimum atomic E-state index is -2.02. The Kier molecular flexibility index (Phi) is 25.4. The Labute approximate surface area is 399 Å². The van der Waals surface area contributed by atoms with Crippen LogP contribution < -0.4 is 54.0 Å². The smallest absolute Gasteiger partial charge is 0.326 e. The van der Waals surface area contributed by atoms with E-state index in [2.05, 4.69) is 42.5 Å². The van der Waals surface area contributed by atoms with E-state index in [1.54, 1.807) is 0 Å². The molecule has 1 aromatic rings. The van der Waals surface area contributed by atoms with Crippen molar-refractivity contribution in [2.75, 3.05) is 26.3 Å². The summed E-state index contributed by atoms with van der Waals surface area (Å²) in [6.07, 6.45) is -2.38. The molecule has 28 nitrogen and oxygen atoms in total. The number of nitrogens with two attached hydrogens (primary N) is 2. The van der Waals surface area contributed by atoms with Crippen LogP contribution in [0.3, 0.4) is 0 Å². The predicted molar refractivity (Wildman–Crippen MR) is 239 cm³/mol. The lowest BCUT2D eigenvalue weighted by Gasteiger charge is -2.26. The molecule has 2 rings (SSSR count). The van der Waals surface area contributed by atoms with Gasteiger partial charge in [0.15, 0.2) is 0 Å². The van der Waals surface area contributed by atoms with Gasteiger partial charge in [-0.25, -0.2) is 9.59 Å². The first kappa shape index (κ1) is 58.8. The van der Waals surface area contributed by atoms with Crippen molar-refractivity contribution in [3.8, 4) is 0 Å². The van der Waals surface area contributed by atoms with Crippen molar-refractivity contribution in [2.45, 2.75) is 125 Å². The number of unbranched alkanes of at least 4 members (excludes halogenated alkanes) is 2. The van der Waals surface area contributed by atoms with E-state index in [0.717, 1.165) is 12.1 Å². The van der Waals surface area contributed by atoms with Gasteiger partial charge in [-0.1, -0.05) is 25.0 Å². The van der Waals surface area contributed by atoms with Gasteiger partial charge in [-0.3, -0.25) is 47.9 Å². The van der Waals surface area contributed by atoms with Gasteiger partial charge >= 0.3 is 23.9 Å². The minimum absolute atomic E-state index is 0.107. The molecule has 1 aliphatic rings. The highest BCUT2D eigenvalue weighted by atomic mass is 16.4. The van der Waals surface area contributed by atoms with E-state index in [-0.39, 0.29) is 51.6 Å². The van der Waals surface area contributed by atoms with Gasteiger partial charge in [-0.2, -0.15) is 0 Å². The predicted octanol–water partition coefficient (Wildman–Crippen LogP) is -5.27. The molecule has 0 spiro atoms. The number of benzene rings is 1. The van der Waals surface area contributed by atoms with Crippen molar-refractivity contribution in [2.24, 2.45) is 11.5 Å². The molecule has 2 unspecified atom stereocenters. The molecule has 1 heterocycles. The molecular weight excluding hydrogens is 933 g/mol. The molecule has 0 saturated heterocycles. The summed E-state index contributed by atoms with van der Waals surface area (Å²) in [5, 5.41) is 76.9. The van der Waals surface area contributed by atoms with Crippen LogP contribution in [0.1, 0.15) is 97.8 Å². The van der Waals surface area contributed by atoms with E-state index in [1.807, 2.05) is 0 Å². The number of rotatable bonds is 20. The van der Waals surface area contributed by atoms with Crippen molar-refractivity contribution in [3.05, 3.63) is 35.4 Å². The Hall–Kier alpha value is -7.30. The first-order valence-corrected chi connectivity index (χ1v) is 22.2. The summed E-state index contributed by atoms with van der Waals surface area (Å²) < 4.78 is 0. The highest BCUT2D eigenvalue weighted by Gasteiger charge is 2.35. The number of carbonyl (C=O) groups excluding carboxylic acids is 8. The molecule has 0 radical (unpaired) electrons. The second-order valence-corrected chi connectivity index (χ2v) is 16.1. The lowest BCUT2D eigenvalue weighted by atomic mass is 10.0. The first-order valence-electron chi connectivity index (χ1n) is 22.2. The van der Waals surface area contributed by atoms with Crippen LogP contribution in [-0.2, 0) is 47.9 Å².